The van der Waals surface area contributed by atoms with Gasteiger partial charge in [0.05, 0.1) is 17.6 Å². The van der Waals surface area contributed by atoms with Gasteiger partial charge < -0.3 is 9.80 Å². The lowest BCUT2D eigenvalue weighted by molar-refractivity contribution is -0.131. The number of carbonyl (C=O) groups is 1. The minimum absolute atomic E-state index is 0.0351. The van der Waals surface area contributed by atoms with Gasteiger partial charge in [-0.05, 0) is 36.2 Å². The summed E-state index contributed by atoms with van der Waals surface area (Å²) in [5.74, 6) is 0.238. The van der Waals surface area contributed by atoms with Crippen molar-refractivity contribution in [2.75, 3.05) is 24.5 Å². The van der Waals surface area contributed by atoms with E-state index in [0.717, 1.165) is 22.0 Å². The first-order valence-corrected chi connectivity index (χ1v) is 9.13. The lowest BCUT2D eigenvalue weighted by atomic mass is 10.0. The molecule has 1 aliphatic heterocycles. The molecule has 1 amide bonds. The molecule has 140 valence electrons. The summed E-state index contributed by atoms with van der Waals surface area (Å²) < 4.78 is 13.1. The van der Waals surface area contributed by atoms with Crippen molar-refractivity contribution in [1.29, 1.82) is 5.26 Å². The first-order valence-electron chi connectivity index (χ1n) is 9.13. The molecule has 1 fully saturated rings. The quantitative estimate of drug-likeness (QED) is 0.705. The van der Waals surface area contributed by atoms with Gasteiger partial charge in [0.1, 0.15) is 17.7 Å². The Morgan fingerprint density at radius 3 is 2.61 bits per heavy atom. The Morgan fingerprint density at radius 2 is 1.89 bits per heavy atom. The summed E-state index contributed by atoms with van der Waals surface area (Å²) in [4.78, 5) is 21.0. The summed E-state index contributed by atoms with van der Waals surface area (Å²) in [6, 6.07) is 16.2. The molecule has 0 bridgehead atoms. The van der Waals surface area contributed by atoms with Crippen molar-refractivity contribution in [2.24, 2.45) is 0 Å². The fourth-order valence-corrected chi connectivity index (χ4v) is 3.59. The molecule has 0 atom stereocenters. The first kappa shape index (κ1) is 17.9. The summed E-state index contributed by atoms with van der Waals surface area (Å²) >= 11 is 0. The molecule has 4 rings (SSSR count). The van der Waals surface area contributed by atoms with Crippen molar-refractivity contribution in [1.82, 2.24) is 9.88 Å². The number of nitrogens with zero attached hydrogens (tertiary/aromatic N) is 4. The minimum atomic E-state index is -0.290. The highest BCUT2D eigenvalue weighted by atomic mass is 19.1. The summed E-state index contributed by atoms with van der Waals surface area (Å²) in [5.41, 5.74) is 3.10. The topological polar surface area (TPSA) is 60.2 Å². The number of para-hydroxylation sites is 1. The molecule has 0 unspecified atom stereocenters. The van der Waals surface area contributed by atoms with E-state index >= 15 is 0 Å². The molecule has 28 heavy (non-hydrogen) atoms. The van der Waals surface area contributed by atoms with Gasteiger partial charge in [0.2, 0.25) is 5.91 Å². The highest BCUT2D eigenvalue weighted by Gasteiger charge is 2.27. The average Bonchev–Trinajstić information content (AvgIpc) is 2.71. The van der Waals surface area contributed by atoms with Crippen LogP contribution >= 0.6 is 0 Å². The van der Waals surface area contributed by atoms with Gasteiger partial charge in [-0.1, -0.05) is 30.3 Å². The number of rotatable bonds is 3. The van der Waals surface area contributed by atoms with Gasteiger partial charge in [0.25, 0.3) is 0 Å². The Balaban J connectivity index is 1.58. The number of piperazine rings is 1. The smallest absolute Gasteiger partial charge is 0.242 e. The summed E-state index contributed by atoms with van der Waals surface area (Å²) in [6.45, 7) is 3.64. The number of amides is 1. The van der Waals surface area contributed by atoms with Crippen LogP contribution in [-0.2, 0) is 11.3 Å². The van der Waals surface area contributed by atoms with Crippen molar-refractivity contribution in [3.63, 3.8) is 0 Å². The van der Waals surface area contributed by atoms with Crippen LogP contribution in [0.3, 0.4) is 0 Å². The number of halogens is 1. The number of benzene rings is 2. The molecule has 2 heterocycles. The van der Waals surface area contributed by atoms with E-state index in [2.05, 4.69) is 11.1 Å². The van der Waals surface area contributed by atoms with Crippen molar-refractivity contribution < 1.29 is 9.18 Å². The van der Waals surface area contributed by atoms with Gasteiger partial charge in [-0.2, -0.15) is 5.26 Å². The maximum Gasteiger partial charge on any atom is 0.242 e. The van der Waals surface area contributed by atoms with E-state index in [1.165, 1.54) is 12.1 Å². The Labute approximate surface area is 162 Å². The molecule has 1 aliphatic rings. The van der Waals surface area contributed by atoms with Gasteiger partial charge in [-0.25, -0.2) is 9.37 Å². The molecular weight excluding hydrogens is 355 g/mol. The predicted molar refractivity (Wildman–Crippen MR) is 105 cm³/mol. The average molecular weight is 374 g/mol. The standard InChI is InChI=1S/C22H19FN4O/c1-15-18-4-2-3-5-20(18)25-22(19(15)12-24)27-11-10-26(21(28)14-27)13-16-6-8-17(23)9-7-16/h2-9H,10-11,13-14H2,1H3. The number of hydrogen-bond acceptors (Lipinski definition) is 4. The molecule has 6 heteroatoms. The van der Waals surface area contributed by atoms with E-state index in [-0.39, 0.29) is 18.3 Å². The third-order valence-electron chi connectivity index (χ3n) is 5.15. The molecule has 1 saturated heterocycles. The summed E-state index contributed by atoms with van der Waals surface area (Å²) in [6.07, 6.45) is 0. The zero-order chi connectivity index (χ0) is 19.7. The Bertz CT molecular complexity index is 1090. The molecule has 1 aromatic heterocycles. The van der Waals surface area contributed by atoms with E-state index in [1.807, 2.05) is 36.1 Å². The molecule has 0 N–H and O–H groups in total. The lowest BCUT2D eigenvalue weighted by Gasteiger charge is -2.35. The lowest BCUT2D eigenvalue weighted by Crippen LogP contribution is -2.50. The van der Waals surface area contributed by atoms with E-state index in [9.17, 15) is 14.4 Å². The Hall–Kier alpha value is -3.46. The van der Waals surface area contributed by atoms with Gasteiger partial charge in [0.15, 0.2) is 0 Å². The number of anilines is 1. The maximum atomic E-state index is 13.1. The largest absolute Gasteiger partial charge is 0.344 e. The fraction of sp³-hybridized carbons (Fsp3) is 0.227. The van der Waals surface area contributed by atoms with Crippen LogP contribution in [-0.4, -0.2) is 35.4 Å². The van der Waals surface area contributed by atoms with Crippen LogP contribution in [0.5, 0.6) is 0 Å². The van der Waals surface area contributed by atoms with E-state index < -0.39 is 0 Å². The summed E-state index contributed by atoms with van der Waals surface area (Å²) in [5, 5.41) is 10.6. The van der Waals surface area contributed by atoms with Crippen LogP contribution in [0.2, 0.25) is 0 Å². The van der Waals surface area contributed by atoms with Gasteiger partial charge in [-0.15, -0.1) is 0 Å². The molecular formula is C22H19FN4O. The third-order valence-corrected chi connectivity index (χ3v) is 5.15. The number of aromatic nitrogens is 1. The van der Waals surface area contributed by atoms with Gasteiger partial charge >= 0.3 is 0 Å². The van der Waals surface area contributed by atoms with Crippen LogP contribution in [0, 0.1) is 24.1 Å². The highest BCUT2D eigenvalue weighted by Crippen LogP contribution is 2.28. The molecule has 2 aromatic carbocycles. The van der Waals surface area contributed by atoms with Crippen LogP contribution in [0.1, 0.15) is 16.7 Å². The van der Waals surface area contributed by atoms with Crippen LogP contribution < -0.4 is 4.90 Å². The van der Waals surface area contributed by atoms with Gasteiger partial charge in [-0.3, -0.25) is 4.79 Å². The second kappa shape index (κ2) is 7.28. The van der Waals surface area contributed by atoms with Crippen LogP contribution in [0.4, 0.5) is 10.2 Å². The second-order valence-corrected chi connectivity index (χ2v) is 6.93. The number of pyridine rings is 1. The predicted octanol–water partition coefficient (Wildman–Crippen LogP) is 3.40. The maximum absolute atomic E-state index is 13.1. The Morgan fingerprint density at radius 1 is 1.14 bits per heavy atom. The number of aryl methyl sites for hydroxylation is 1. The van der Waals surface area contributed by atoms with E-state index in [1.54, 1.807) is 17.0 Å². The van der Waals surface area contributed by atoms with Crippen molar-refractivity contribution in [3.8, 4) is 6.07 Å². The molecule has 0 spiro atoms. The number of carbonyl (C=O) groups excluding carboxylic acids is 1. The number of fused-ring (bicyclic) bond motifs is 1. The third kappa shape index (κ3) is 3.27. The minimum Gasteiger partial charge on any atom is -0.344 e. The van der Waals surface area contributed by atoms with E-state index in [4.69, 9.17) is 0 Å². The fourth-order valence-electron chi connectivity index (χ4n) is 3.59. The molecule has 5 nitrogen and oxygen atoms in total. The van der Waals surface area contributed by atoms with Gasteiger partial charge in [0, 0.05) is 25.0 Å². The molecule has 3 aromatic rings. The zero-order valence-corrected chi connectivity index (χ0v) is 15.5. The zero-order valence-electron chi connectivity index (χ0n) is 15.5. The molecule has 0 saturated carbocycles. The van der Waals surface area contributed by atoms with Crippen molar-refractivity contribution in [3.05, 3.63) is 71.0 Å². The number of hydrogen-bond donors (Lipinski definition) is 0. The van der Waals surface area contributed by atoms with Crippen molar-refractivity contribution >= 4 is 22.6 Å². The van der Waals surface area contributed by atoms with Crippen molar-refractivity contribution in [2.45, 2.75) is 13.5 Å². The first-order chi connectivity index (χ1) is 13.6. The number of nitriles is 1. The monoisotopic (exact) mass is 374 g/mol. The SMILES string of the molecule is Cc1c(C#N)c(N2CCN(Cc3ccc(F)cc3)C(=O)C2)nc2ccccc12. The van der Waals surface area contributed by atoms with E-state index in [0.29, 0.717) is 31.0 Å². The van der Waals surface area contributed by atoms with Crippen LogP contribution in [0.25, 0.3) is 10.9 Å². The molecule has 0 radical (unpaired) electrons. The second-order valence-electron chi connectivity index (χ2n) is 6.93. The van der Waals surface area contributed by atoms with Crippen LogP contribution in [0.15, 0.2) is 48.5 Å². The highest BCUT2D eigenvalue weighted by molar-refractivity contribution is 5.89. The summed E-state index contributed by atoms with van der Waals surface area (Å²) in [7, 11) is 0. The molecule has 0 aliphatic carbocycles. The normalized spacial score (nSPS) is 14.4. The Kier molecular flexibility index (Phi) is 4.66.